The van der Waals surface area contributed by atoms with Crippen LogP contribution >= 0.6 is 34.8 Å². The molecule has 0 fully saturated rings. The Kier molecular flexibility index (Phi) is 4.89. The van der Waals surface area contributed by atoms with Gasteiger partial charge in [-0.15, -0.1) is 0 Å². The van der Waals surface area contributed by atoms with Crippen molar-refractivity contribution >= 4 is 34.8 Å². The standard InChI is InChI=1S/C11H14Cl3NO/c1-5(2)11(16)10(15)7-3-6(12)4-8(13)9(7)14/h3-5,10-11,16H,15H2,1-2H3/t10-,11+/m1/s1. The fraction of sp³-hybridized carbons (Fsp3) is 0.455. The Morgan fingerprint density at radius 3 is 2.25 bits per heavy atom. The second-order valence-electron chi connectivity index (χ2n) is 4.05. The van der Waals surface area contributed by atoms with Crippen LogP contribution in [0.25, 0.3) is 0 Å². The summed E-state index contributed by atoms with van der Waals surface area (Å²) in [7, 11) is 0. The SMILES string of the molecule is CC(C)[C@H](O)[C@H](N)c1cc(Cl)cc(Cl)c1Cl. The molecule has 0 saturated heterocycles. The second-order valence-corrected chi connectivity index (χ2v) is 5.27. The smallest absolute Gasteiger partial charge is 0.0756 e. The molecule has 0 spiro atoms. The van der Waals surface area contributed by atoms with Gasteiger partial charge < -0.3 is 10.8 Å². The normalized spacial score (nSPS) is 15.2. The molecule has 0 unspecified atom stereocenters. The van der Waals surface area contributed by atoms with Crippen LogP contribution in [0.4, 0.5) is 0 Å². The van der Waals surface area contributed by atoms with Crippen molar-refractivity contribution in [3.63, 3.8) is 0 Å². The minimum atomic E-state index is -0.688. The molecule has 1 aromatic rings. The van der Waals surface area contributed by atoms with Gasteiger partial charge in [-0.05, 0) is 23.6 Å². The van der Waals surface area contributed by atoms with E-state index >= 15 is 0 Å². The highest BCUT2D eigenvalue weighted by molar-refractivity contribution is 6.43. The van der Waals surface area contributed by atoms with Gasteiger partial charge in [-0.3, -0.25) is 0 Å². The Balaban J connectivity index is 3.13. The summed E-state index contributed by atoms with van der Waals surface area (Å²) in [5.41, 5.74) is 6.50. The highest BCUT2D eigenvalue weighted by Crippen LogP contribution is 2.34. The Bertz CT molecular complexity index is 382. The van der Waals surface area contributed by atoms with Gasteiger partial charge >= 0.3 is 0 Å². The van der Waals surface area contributed by atoms with Crippen LogP contribution in [0.3, 0.4) is 0 Å². The van der Waals surface area contributed by atoms with Crippen LogP contribution < -0.4 is 5.73 Å². The van der Waals surface area contributed by atoms with Crippen LogP contribution in [0.1, 0.15) is 25.5 Å². The Hall–Kier alpha value is 0.01000. The average molecular weight is 283 g/mol. The van der Waals surface area contributed by atoms with Gasteiger partial charge in [0.15, 0.2) is 0 Å². The van der Waals surface area contributed by atoms with E-state index in [1.165, 1.54) is 0 Å². The van der Waals surface area contributed by atoms with E-state index in [1.54, 1.807) is 12.1 Å². The Morgan fingerprint density at radius 2 is 1.75 bits per heavy atom. The van der Waals surface area contributed by atoms with E-state index in [-0.39, 0.29) is 5.92 Å². The summed E-state index contributed by atoms with van der Waals surface area (Å²) in [6.07, 6.45) is -0.688. The Morgan fingerprint density at radius 1 is 1.19 bits per heavy atom. The van der Waals surface area contributed by atoms with Crippen molar-refractivity contribution in [2.75, 3.05) is 0 Å². The molecule has 0 amide bonds. The molecule has 16 heavy (non-hydrogen) atoms. The summed E-state index contributed by atoms with van der Waals surface area (Å²) in [6, 6.07) is 2.58. The molecule has 0 aliphatic heterocycles. The van der Waals surface area contributed by atoms with Crippen molar-refractivity contribution < 1.29 is 5.11 Å². The van der Waals surface area contributed by atoms with Gasteiger partial charge in [0.25, 0.3) is 0 Å². The third-order valence-corrected chi connectivity index (χ3v) is 3.47. The zero-order valence-corrected chi connectivity index (χ0v) is 11.3. The van der Waals surface area contributed by atoms with Crippen molar-refractivity contribution in [2.24, 2.45) is 11.7 Å². The molecule has 0 radical (unpaired) electrons. The number of hydrogen-bond donors (Lipinski definition) is 2. The highest BCUT2D eigenvalue weighted by atomic mass is 35.5. The number of hydrogen-bond acceptors (Lipinski definition) is 2. The van der Waals surface area contributed by atoms with Gasteiger partial charge in [0.2, 0.25) is 0 Å². The van der Waals surface area contributed by atoms with Crippen molar-refractivity contribution in [3.05, 3.63) is 32.8 Å². The number of aliphatic hydroxyl groups is 1. The fourth-order valence-corrected chi connectivity index (χ4v) is 2.16. The lowest BCUT2D eigenvalue weighted by molar-refractivity contribution is 0.0980. The van der Waals surface area contributed by atoms with Crippen molar-refractivity contribution in [1.29, 1.82) is 0 Å². The van der Waals surface area contributed by atoms with E-state index in [1.807, 2.05) is 13.8 Å². The topological polar surface area (TPSA) is 46.2 Å². The molecule has 1 rings (SSSR count). The quantitative estimate of drug-likeness (QED) is 0.831. The van der Waals surface area contributed by atoms with Crippen molar-refractivity contribution in [3.8, 4) is 0 Å². The summed E-state index contributed by atoms with van der Waals surface area (Å²) in [5.74, 6) is 0.0313. The van der Waals surface area contributed by atoms with E-state index in [0.717, 1.165) is 0 Å². The molecule has 0 bridgehead atoms. The lowest BCUT2D eigenvalue weighted by Crippen LogP contribution is -2.30. The van der Waals surface area contributed by atoms with Crippen LogP contribution in [-0.4, -0.2) is 11.2 Å². The number of benzene rings is 1. The van der Waals surface area contributed by atoms with E-state index < -0.39 is 12.1 Å². The summed E-state index contributed by atoms with van der Waals surface area (Å²) in [4.78, 5) is 0. The number of halogens is 3. The number of nitrogens with two attached hydrogens (primary N) is 1. The first-order chi connectivity index (χ1) is 7.34. The first kappa shape index (κ1) is 14.1. The van der Waals surface area contributed by atoms with E-state index in [4.69, 9.17) is 40.5 Å². The summed E-state index contributed by atoms with van der Waals surface area (Å²) >= 11 is 17.8. The van der Waals surface area contributed by atoms with Crippen LogP contribution in [-0.2, 0) is 0 Å². The largest absolute Gasteiger partial charge is 0.391 e. The molecule has 3 N–H and O–H groups in total. The van der Waals surface area contributed by atoms with Gasteiger partial charge in [-0.1, -0.05) is 48.7 Å². The lowest BCUT2D eigenvalue weighted by Gasteiger charge is -2.23. The Labute approximate surface area is 110 Å². The van der Waals surface area contributed by atoms with Crippen LogP contribution in [0.2, 0.25) is 15.1 Å². The zero-order valence-electron chi connectivity index (χ0n) is 9.05. The summed E-state index contributed by atoms with van der Waals surface area (Å²) < 4.78 is 0. The number of aliphatic hydroxyl groups excluding tert-OH is 1. The lowest BCUT2D eigenvalue weighted by atomic mass is 9.94. The molecule has 2 atom stereocenters. The third-order valence-electron chi connectivity index (χ3n) is 2.43. The molecule has 2 nitrogen and oxygen atoms in total. The van der Waals surface area contributed by atoms with Crippen molar-refractivity contribution in [2.45, 2.75) is 26.0 Å². The average Bonchev–Trinajstić information content (AvgIpc) is 2.21. The predicted molar refractivity (Wildman–Crippen MR) is 69.2 cm³/mol. The molecular formula is C11H14Cl3NO. The summed E-state index contributed by atoms with van der Waals surface area (Å²) in [6.45, 7) is 3.76. The van der Waals surface area contributed by atoms with Gasteiger partial charge in [0.05, 0.1) is 22.2 Å². The second kappa shape index (κ2) is 5.56. The van der Waals surface area contributed by atoms with Gasteiger partial charge in [-0.2, -0.15) is 0 Å². The fourth-order valence-electron chi connectivity index (χ4n) is 1.42. The molecular weight excluding hydrogens is 268 g/mol. The van der Waals surface area contributed by atoms with Gasteiger partial charge in [0, 0.05) is 5.02 Å². The van der Waals surface area contributed by atoms with E-state index in [2.05, 4.69) is 0 Å². The minimum Gasteiger partial charge on any atom is -0.391 e. The molecule has 0 aliphatic carbocycles. The first-order valence-corrected chi connectivity index (χ1v) is 6.06. The van der Waals surface area contributed by atoms with E-state index in [0.29, 0.717) is 20.6 Å². The maximum absolute atomic E-state index is 9.88. The van der Waals surface area contributed by atoms with Gasteiger partial charge in [0.1, 0.15) is 0 Å². The molecule has 5 heteroatoms. The number of rotatable bonds is 3. The maximum Gasteiger partial charge on any atom is 0.0756 e. The minimum absolute atomic E-state index is 0.0313. The van der Waals surface area contributed by atoms with Crippen LogP contribution in [0, 0.1) is 5.92 Å². The molecule has 1 aromatic carbocycles. The maximum atomic E-state index is 9.88. The van der Waals surface area contributed by atoms with Crippen LogP contribution in [0.5, 0.6) is 0 Å². The highest BCUT2D eigenvalue weighted by Gasteiger charge is 2.23. The van der Waals surface area contributed by atoms with Crippen LogP contribution in [0.15, 0.2) is 12.1 Å². The van der Waals surface area contributed by atoms with Gasteiger partial charge in [-0.25, -0.2) is 0 Å². The van der Waals surface area contributed by atoms with Crippen molar-refractivity contribution in [1.82, 2.24) is 0 Å². The molecule has 0 heterocycles. The monoisotopic (exact) mass is 281 g/mol. The van der Waals surface area contributed by atoms with E-state index in [9.17, 15) is 5.11 Å². The molecule has 0 saturated carbocycles. The molecule has 90 valence electrons. The third kappa shape index (κ3) is 3.02. The zero-order chi connectivity index (χ0) is 12.5. The first-order valence-electron chi connectivity index (χ1n) is 4.92. The molecule has 0 aromatic heterocycles. The summed E-state index contributed by atoms with van der Waals surface area (Å²) in [5, 5.41) is 11.0. The predicted octanol–water partition coefficient (Wildman–Crippen LogP) is 3.66. The molecule has 0 aliphatic rings.